The number of unbranched alkanes of at least 4 members (excludes halogenated alkanes) is 1. The van der Waals surface area contributed by atoms with Gasteiger partial charge in [-0.3, -0.25) is 0 Å². The first kappa shape index (κ1) is 17.6. The average molecular weight is 331 g/mol. The van der Waals surface area contributed by atoms with Crippen molar-refractivity contribution >= 4 is 33.5 Å². The normalized spacial score (nSPS) is 11.1. The van der Waals surface area contributed by atoms with Gasteiger partial charge in [-0.15, -0.1) is 11.8 Å². The average Bonchev–Trinajstić information content (AvgIpc) is 2.40. The molecule has 0 aromatic heterocycles. The van der Waals surface area contributed by atoms with Gasteiger partial charge in [0.15, 0.2) is 0 Å². The van der Waals surface area contributed by atoms with Crippen LogP contribution in [-0.4, -0.2) is 32.5 Å². The van der Waals surface area contributed by atoms with Crippen molar-refractivity contribution in [3.8, 4) is 0 Å². The van der Waals surface area contributed by atoms with Gasteiger partial charge in [-0.25, -0.2) is 17.9 Å². The predicted molar refractivity (Wildman–Crippen MR) is 86.8 cm³/mol. The molecule has 1 rings (SSSR count). The zero-order valence-electron chi connectivity index (χ0n) is 12.0. The molecule has 6 nitrogen and oxygen atoms in total. The number of thioether (sulfide) groups is 1. The van der Waals surface area contributed by atoms with Crippen molar-refractivity contribution in [2.75, 3.05) is 23.8 Å². The Bertz CT molecular complexity index is 544. The van der Waals surface area contributed by atoms with Crippen LogP contribution >= 0.6 is 11.8 Å². The standard InChI is InChI=1S/C13H21N3O3S2/c1-2-3-8-15-13(17)16-21(18,19)10-9-20-12-6-4-11(14)5-7-12/h4-7H,2-3,8-10,14H2,1H3,(H2,15,16,17). The molecule has 0 saturated heterocycles. The number of nitrogens with two attached hydrogens (primary N) is 1. The van der Waals surface area contributed by atoms with E-state index in [0.29, 0.717) is 18.0 Å². The number of carbonyl (C=O) groups is 1. The maximum absolute atomic E-state index is 11.7. The molecular formula is C13H21N3O3S2. The Morgan fingerprint density at radius 3 is 2.57 bits per heavy atom. The van der Waals surface area contributed by atoms with Crippen molar-refractivity contribution in [3.63, 3.8) is 0 Å². The first-order chi connectivity index (χ1) is 9.93. The molecule has 21 heavy (non-hydrogen) atoms. The van der Waals surface area contributed by atoms with Crippen LogP contribution in [0.5, 0.6) is 0 Å². The number of nitrogens with one attached hydrogen (secondary N) is 2. The van der Waals surface area contributed by atoms with E-state index in [0.717, 1.165) is 17.7 Å². The molecule has 1 aromatic carbocycles. The fourth-order valence-electron chi connectivity index (χ4n) is 1.44. The van der Waals surface area contributed by atoms with E-state index >= 15 is 0 Å². The van der Waals surface area contributed by atoms with E-state index in [1.54, 1.807) is 12.1 Å². The number of amides is 2. The van der Waals surface area contributed by atoms with Crippen LogP contribution in [0.25, 0.3) is 0 Å². The molecule has 0 fully saturated rings. The Hall–Kier alpha value is -1.41. The second-order valence-electron chi connectivity index (χ2n) is 4.45. The minimum Gasteiger partial charge on any atom is -0.399 e. The maximum Gasteiger partial charge on any atom is 0.328 e. The van der Waals surface area contributed by atoms with Crippen LogP contribution < -0.4 is 15.8 Å². The van der Waals surface area contributed by atoms with Crippen molar-refractivity contribution in [1.82, 2.24) is 10.0 Å². The highest BCUT2D eigenvalue weighted by Gasteiger charge is 2.13. The van der Waals surface area contributed by atoms with Gasteiger partial charge in [0.25, 0.3) is 0 Å². The number of hydrogen-bond donors (Lipinski definition) is 3. The highest BCUT2D eigenvalue weighted by atomic mass is 32.2. The summed E-state index contributed by atoms with van der Waals surface area (Å²) in [4.78, 5) is 12.3. The molecule has 118 valence electrons. The molecular weight excluding hydrogens is 310 g/mol. The van der Waals surface area contributed by atoms with Gasteiger partial charge in [0.1, 0.15) is 0 Å². The summed E-state index contributed by atoms with van der Waals surface area (Å²) in [5, 5.41) is 2.50. The van der Waals surface area contributed by atoms with Crippen LogP contribution in [0.15, 0.2) is 29.2 Å². The van der Waals surface area contributed by atoms with Crippen LogP contribution in [0.2, 0.25) is 0 Å². The number of anilines is 1. The quantitative estimate of drug-likeness (QED) is 0.383. The lowest BCUT2D eigenvalue weighted by Gasteiger charge is -2.08. The molecule has 0 aliphatic heterocycles. The second kappa shape index (κ2) is 8.78. The van der Waals surface area contributed by atoms with Gasteiger partial charge >= 0.3 is 6.03 Å². The van der Waals surface area contributed by atoms with Crippen LogP contribution in [-0.2, 0) is 10.0 Å². The topological polar surface area (TPSA) is 101 Å². The summed E-state index contributed by atoms with van der Waals surface area (Å²) in [6.45, 7) is 2.46. The summed E-state index contributed by atoms with van der Waals surface area (Å²) in [5.74, 6) is 0.241. The Kier molecular flexibility index (Phi) is 7.38. The molecule has 0 unspecified atom stereocenters. The lowest BCUT2D eigenvalue weighted by molar-refractivity contribution is 0.245. The van der Waals surface area contributed by atoms with Gasteiger partial charge < -0.3 is 11.1 Å². The van der Waals surface area contributed by atoms with Crippen LogP contribution in [0.3, 0.4) is 0 Å². The molecule has 0 aliphatic carbocycles. The predicted octanol–water partition coefficient (Wildman–Crippen LogP) is 1.79. The maximum atomic E-state index is 11.7. The first-order valence-corrected chi connectivity index (χ1v) is 9.33. The number of rotatable bonds is 8. The van der Waals surface area contributed by atoms with Gasteiger partial charge in [0.05, 0.1) is 5.75 Å². The monoisotopic (exact) mass is 331 g/mol. The Morgan fingerprint density at radius 1 is 1.29 bits per heavy atom. The minimum atomic E-state index is -3.60. The Morgan fingerprint density at radius 2 is 1.95 bits per heavy atom. The lowest BCUT2D eigenvalue weighted by Crippen LogP contribution is -2.41. The number of urea groups is 1. The Balaban J connectivity index is 2.32. The van der Waals surface area contributed by atoms with E-state index in [9.17, 15) is 13.2 Å². The molecule has 0 spiro atoms. The fourth-order valence-corrected chi connectivity index (χ4v) is 3.67. The number of sulfonamides is 1. The smallest absolute Gasteiger partial charge is 0.328 e. The van der Waals surface area contributed by atoms with E-state index in [-0.39, 0.29) is 5.75 Å². The van der Waals surface area contributed by atoms with Crippen LogP contribution in [0.1, 0.15) is 19.8 Å². The van der Waals surface area contributed by atoms with Crippen molar-refractivity contribution in [1.29, 1.82) is 0 Å². The lowest BCUT2D eigenvalue weighted by atomic mass is 10.3. The first-order valence-electron chi connectivity index (χ1n) is 6.69. The SMILES string of the molecule is CCCCNC(=O)NS(=O)(=O)CCSc1ccc(N)cc1. The summed E-state index contributed by atoms with van der Waals surface area (Å²) in [7, 11) is -3.60. The molecule has 0 saturated carbocycles. The third kappa shape index (κ3) is 7.81. The molecule has 1 aromatic rings. The third-order valence-corrected chi connectivity index (χ3v) is 5.08. The molecule has 2 amide bonds. The zero-order chi connectivity index (χ0) is 15.7. The summed E-state index contributed by atoms with van der Waals surface area (Å²) < 4.78 is 25.4. The molecule has 8 heteroatoms. The molecule has 0 radical (unpaired) electrons. The Labute approximate surface area is 129 Å². The van der Waals surface area contributed by atoms with E-state index in [4.69, 9.17) is 5.73 Å². The summed E-state index contributed by atoms with van der Waals surface area (Å²) in [5.41, 5.74) is 6.23. The number of benzene rings is 1. The summed E-state index contributed by atoms with van der Waals surface area (Å²) in [6.07, 6.45) is 1.76. The van der Waals surface area contributed by atoms with Crippen molar-refractivity contribution < 1.29 is 13.2 Å². The largest absolute Gasteiger partial charge is 0.399 e. The molecule has 0 atom stereocenters. The van der Waals surface area contributed by atoms with E-state index in [1.807, 2.05) is 23.8 Å². The van der Waals surface area contributed by atoms with Crippen molar-refractivity contribution in [2.24, 2.45) is 0 Å². The fraction of sp³-hybridized carbons (Fsp3) is 0.462. The second-order valence-corrected chi connectivity index (χ2v) is 7.46. The third-order valence-electron chi connectivity index (χ3n) is 2.56. The van der Waals surface area contributed by atoms with Crippen LogP contribution in [0.4, 0.5) is 10.5 Å². The van der Waals surface area contributed by atoms with Crippen molar-refractivity contribution in [2.45, 2.75) is 24.7 Å². The van der Waals surface area contributed by atoms with Gasteiger partial charge in [0.2, 0.25) is 10.0 Å². The molecule has 0 bridgehead atoms. The number of carbonyl (C=O) groups excluding carboxylic acids is 1. The number of hydrogen-bond acceptors (Lipinski definition) is 5. The highest BCUT2D eigenvalue weighted by Crippen LogP contribution is 2.19. The van der Waals surface area contributed by atoms with Gasteiger partial charge in [-0.2, -0.15) is 0 Å². The van der Waals surface area contributed by atoms with Gasteiger partial charge in [-0.05, 0) is 30.7 Å². The van der Waals surface area contributed by atoms with E-state index in [1.165, 1.54) is 11.8 Å². The van der Waals surface area contributed by atoms with Gasteiger partial charge in [-0.1, -0.05) is 13.3 Å². The van der Waals surface area contributed by atoms with Crippen LogP contribution in [0, 0.1) is 0 Å². The molecule has 4 N–H and O–H groups in total. The van der Waals surface area contributed by atoms with E-state index < -0.39 is 16.1 Å². The van der Waals surface area contributed by atoms with Gasteiger partial charge in [0, 0.05) is 22.9 Å². The summed E-state index contributed by atoms with van der Waals surface area (Å²) >= 11 is 1.40. The minimum absolute atomic E-state index is 0.122. The van der Waals surface area contributed by atoms with Crippen molar-refractivity contribution in [3.05, 3.63) is 24.3 Å². The number of nitrogen functional groups attached to an aromatic ring is 1. The van der Waals surface area contributed by atoms with E-state index in [2.05, 4.69) is 5.32 Å². The highest BCUT2D eigenvalue weighted by molar-refractivity contribution is 8.00. The molecule has 0 aliphatic rings. The summed E-state index contributed by atoms with van der Waals surface area (Å²) in [6, 6.07) is 6.52. The molecule has 0 heterocycles. The zero-order valence-corrected chi connectivity index (χ0v) is 13.6.